The Labute approximate surface area is 216 Å². The van der Waals surface area contributed by atoms with Gasteiger partial charge in [-0.15, -0.1) is 11.3 Å². The number of carbonyl (C=O) groups excluding carboxylic acids is 1. The van der Waals surface area contributed by atoms with Gasteiger partial charge in [0.15, 0.2) is 0 Å². The molecular formula is C29H32ClN3OS. The largest absolute Gasteiger partial charge is 0.339 e. The first-order valence-corrected chi connectivity index (χ1v) is 14.0. The average Bonchev–Trinajstić information content (AvgIpc) is 3.50. The molecule has 0 atom stereocenters. The van der Waals surface area contributed by atoms with Gasteiger partial charge in [-0.1, -0.05) is 37.9 Å². The quantitative estimate of drug-likeness (QED) is 0.254. The summed E-state index contributed by atoms with van der Waals surface area (Å²) in [7, 11) is 0. The van der Waals surface area contributed by atoms with Crippen molar-refractivity contribution in [1.29, 1.82) is 0 Å². The van der Waals surface area contributed by atoms with Crippen LogP contribution in [-0.4, -0.2) is 33.4 Å². The number of aryl methyl sites for hydroxylation is 2. The molecule has 35 heavy (non-hydrogen) atoms. The Morgan fingerprint density at radius 3 is 2.60 bits per heavy atom. The number of hydrogen-bond acceptors (Lipinski definition) is 3. The van der Waals surface area contributed by atoms with Crippen LogP contribution in [0.4, 0.5) is 0 Å². The lowest BCUT2D eigenvalue weighted by atomic mass is 10.0. The van der Waals surface area contributed by atoms with E-state index in [1.165, 1.54) is 27.9 Å². The van der Waals surface area contributed by atoms with Crippen LogP contribution in [-0.2, 0) is 13.0 Å². The number of hydrogen-bond donors (Lipinski definition) is 0. The smallest absolute Gasteiger partial charge is 0.253 e. The zero-order valence-corrected chi connectivity index (χ0v) is 22.1. The number of carbonyl (C=O) groups is 1. The fourth-order valence-corrected chi connectivity index (χ4v) is 6.37. The molecule has 1 aliphatic rings. The van der Waals surface area contributed by atoms with E-state index < -0.39 is 0 Å². The summed E-state index contributed by atoms with van der Waals surface area (Å²) in [5.41, 5.74) is 6.36. The standard InChI is InChI=1S/C29H32ClN3OS/c1-3-8-22-18-25-24(11-12-31-28(25)33(22)13-4-2)27-17-21(19-35-27)23-10-9-20(16-26(23)30)29(34)32-14-6-5-7-15-32/h9-12,16-19H,3-8,13-15H2,1-2H3. The maximum atomic E-state index is 12.9. The second kappa shape index (κ2) is 10.5. The Kier molecular flexibility index (Phi) is 7.26. The lowest BCUT2D eigenvalue weighted by Gasteiger charge is -2.26. The highest BCUT2D eigenvalue weighted by Crippen LogP contribution is 2.39. The Bertz CT molecular complexity index is 1350. The van der Waals surface area contributed by atoms with Crippen molar-refractivity contribution in [3.05, 3.63) is 64.3 Å². The second-order valence-electron chi connectivity index (χ2n) is 9.38. The summed E-state index contributed by atoms with van der Waals surface area (Å²) in [5, 5.41) is 3.99. The number of thiophene rings is 1. The van der Waals surface area contributed by atoms with E-state index in [1.54, 1.807) is 11.3 Å². The van der Waals surface area contributed by atoms with Gasteiger partial charge in [0.05, 0.1) is 0 Å². The van der Waals surface area contributed by atoms with Crippen molar-refractivity contribution < 1.29 is 4.79 Å². The molecule has 4 nitrogen and oxygen atoms in total. The van der Waals surface area contributed by atoms with Crippen molar-refractivity contribution in [3.8, 4) is 21.6 Å². The van der Waals surface area contributed by atoms with E-state index >= 15 is 0 Å². The molecule has 0 N–H and O–H groups in total. The van der Waals surface area contributed by atoms with E-state index in [4.69, 9.17) is 16.6 Å². The number of rotatable bonds is 7. The minimum absolute atomic E-state index is 0.0859. The van der Waals surface area contributed by atoms with Gasteiger partial charge in [-0.3, -0.25) is 4.79 Å². The minimum Gasteiger partial charge on any atom is -0.339 e. The molecule has 182 valence electrons. The lowest BCUT2D eigenvalue weighted by molar-refractivity contribution is 0.0724. The van der Waals surface area contributed by atoms with Crippen LogP contribution in [0.15, 0.2) is 48.0 Å². The second-order valence-corrected chi connectivity index (χ2v) is 10.7. The molecule has 0 saturated carbocycles. The maximum absolute atomic E-state index is 12.9. The molecule has 1 fully saturated rings. The lowest BCUT2D eigenvalue weighted by Crippen LogP contribution is -2.35. The zero-order valence-electron chi connectivity index (χ0n) is 20.5. The number of amides is 1. The van der Waals surface area contributed by atoms with Crippen molar-refractivity contribution in [3.63, 3.8) is 0 Å². The summed E-state index contributed by atoms with van der Waals surface area (Å²) >= 11 is 8.44. The van der Waals surface area contributed by atoms with Crippen molar-refractivity contribution in [2.75, 3.05) is 13.1 Å². The van der Waals surface area contributed by atoms with Gasteiger partial charge < -0.3 is 9.47 Å². The Morgan fingerprint density at radius 2 is 1.86 bits per heavy atom. The van der Waals surface area contributed by atoms with Crippen LogP contribution in [0.3, 0.4) is 0 Å². The van der Waals surface area contributed by atoms with E-state index in [-0.39, 0.29) is 5.91 Å². The maximum Gasteiger partial charge on any atom is 0.253 e. The normalized spacial score (nSPS) is 14.1. The third kappa shape index (κ3) is 4.76. The molecule has 0 bridgehead atoms. The highest BCUT2D eigenvalue weighted by Gasteiger charge is 2.20. The number of likely N-dealkylation sites (tertiary alicyclic amines) is 1. The molecule has 4 aromatic rings. The SMILES string of the molecule is CCCc1cc2c(-c3cc(-c4ccc(C(=O)N5CCCCC5)cc4Cl)cs3)ccnc2n1CCC. The fraction of sp³-hybridized carbons (Fsp3) is 0.379. The number of piperidine rings is 1. The van der Waals surface area contributed by atoms with Crippen LogP contribution in [0, 0.1) is 0 Å². The van der Waals surface area contributed by atoms with Gasteiger partial charge in [-0.2, -0.15) is 0 Å². The van der Waals surface area contributed by atoms with Crippen LogP contribution >= 0.6 is 22.9 Å². The molecule has 0 aliphatic carbocycles. The first-order chi connectivity index (χ1) is 17.1. The third-order valence-electron chi connectivity index (χ3n) is 6.87. The van der Waals surface area contributed by atoms with Crippen molar-refractivity contribution in [2.45, 2.75) is 58.9 Å². The van der Waals surface area contributed by atoms with Gasteiger partial charge in [0.1, 0.15) is 5.65 Å². The van der Waals surface area contributed by atoms with Crippen molar-refractivity contribution in [1.82, 2.24) is 14.5 Å². The molecule has 1 amide bonds. The first-order valence-electron chi connectivity index (χ1n) is 12.8. The number of fused-ring (bicyclic) bond motifs is 1. The van der Waals surface area contributed by atoms with Crippen LogP contribution in [0.5, 0.6) is 0 Å². The van der Waals surface area contributed by atoms with Gasteiger partial charge in [0.25, 0.3) is 5.91 Å². The highest BCUT2D eigenvalue weighted by molar-refractivity contribution is 7.14. The van der Waals surface area contributed by atoms with Crippen LogP contribution in [0.2, 0.25) is 5.02 Å². The summed E-state index contributed by atoms with van der Waals surface area (Å²) in [5.74, 6) is 0.0859. The van der Waals surface area contributed by atoms with Gasteiger partial charge in [0.2, 0.25) is 0 Å². The summed E-state index contributed by atoms with van der Waals surface area (Å²) in [6, 6.07) is 12.4. The highest BCUT2D eigenvalue weighted by atomic mass is 35.5. The van der Waals surface area contributed by atoms with Crippen molar-refractivity contribution in [2.24, 2.45) is 0 Å². The predicted octanol–water partition coefficient (Wildman–Crippen LogP) is 8.07. The molecule has 1 saturated heterocycles. The monoisotopic (exact) mass is 505 g/mol. The Balaban J connectivity index is 1.46. The molecule has 0 unspecified atom stereocenters. The minimum atomic E-state index is 0.0859. The number of nitrogens with zero attached hydrogens (tertiary/aromatic N) is 3. The van der Waals surface area contributed by atoms with Crippen molar-refractivity contribution >= 4 is 39.9 Å². The summed E-state index contributed by atoms with van der Waals surface area (Å²) < 4.78 is 2.38. The van der Waals surface area contributed by atoms with Gasteiger partial charge >= 0.3 is 0 Å². The van der Waals surface area contributed by atoms with E-state index in [1.807, 2.05) is 29.3 Å². The molecule has 1 aliphatic heterocycles. The summed E-state index contributed by atoms with van der Waals surface area (Å²) in [6.07, 6.45) is 8.56. The zero-order chi connectivity index (χ0) is 24.4. The van der Waals surface area contributed by atoms with Gasteiger partial charge in [-0.05, 0) is 73.4 Å². The summed E-state index contributed by atoms with van der Waals surface area (Å²) in [4.78, 5) is 20.8. The number of benzene rings is 1. The molecule has 0 radical (unpaired) electrons. The van der Waals surface area contributed by atoms with Crippen LogP contribution in [0.25, 0.3) is 32.6 Å². The molecule has 3 aromatic heterocycles. The number of aromatic nitrogens is 2. The molecule has 4 heterocycles. The Hall–Kier alpha value is -2.63. The molecular weight excluding hydrogens is 474 g/mol. The first kappa shape index (κ1) is 24.1. The average molecular weight is 506 g/mol. The number of pyridine rings is 1. The topological polar surface area (TPSA) is 38.1 Å². The molecule has 5 rings (SSSR count). The summed E-state index contributed by atoms with van der Waals surface area (Å²) in [6.45, 7) is 7.11. The van der Waals surface area contributed by atoms with Crippen LogP contribution < -0.4 is 0 Å². The van der Waals surface area contributed by atoms with E-state index in [2.05, 4.69) is 42.0 Å². The van der Waals surface area contributed by atoms with Gasteiger partial charge in [-0.25, -0.2) is 4.98 Å². The van der Waals surface area contributed by atoms with E-state index in [0.717, 1.165) is 68.5 Å². The molecule has 1 aromatic carbocycles. The predicted molar refractivity (Wildman–Crippen MR) is 148 cm³/mol. The third-order valence-corrected chi connectivity index (χ3v) is 8.15. The van der Waals surface area contributed by atoms with Gasteiger partial charge in [0, 0.05) is 63.5 Å². The molecule has 0 spiro atoms. The van der Waals surface area contributed by atoms with E-state index in [0.29, 0.717) is 10.6 Å². The van der Waals surface area contributed by atoms with Crippen LogP contribution in [0.1, 0.15) is 62.0 Å². The number of halogens is 1. The Morgan fingerprint density at radius 1 is 1.03 bits per heavy atom. The van der Waals surface area contributed by atoms with E-state index in [9.17, 15) is 4.79 Å². The molecule has 6 heteroatoms. The fourth-order valence-electron chi connectivity index (χ4n) is 5.13.